The molecule has 3 rings (SSSR count). The van der Waals surface area contributed by atoms with E-state index in [2.05, 4.69) is 56.7 Å². The maximum absolute atomic E-state index is 12.4. The molecule has 1 heterocycles. The number of nitriles is 1. The van der Waals surface area contributed by atoms with Crippen molar-refractivity contribution in [3.05, 3.63) is 86.8 Å². The van der Waals surface area contributed by atoms with Gasteiger partial charge in [-0.2, -0.15) is 5.26 Å². The van der Waals surface area contributed by atoms with Crippen LogP contribution in [0.3, 0.4) is 0 Å². The summed E-state index contributed by atoms with van der Waals surface area (Å²) in [6, 6.07) is 21.3. The van der Waals surface area contributed by atoms with E-state index in [1.807, 2.05) is 44.2 Å². The Bertz CT molecular complexity index is 1040. The number of benzene rings is 2. The van der Waals surface area contributed by atoms with Gasteiger partial charge in [0.2, 0.25) is 0 Å². The van der Waals surface area contributed by atoms with Crippen molar-refractivity contribution in [3.63, 3.8) is 0 Å². The molecule has 0 spiro atoms. The number of rotatable bonds is 4. The molecule has 0 fully saturated rings. The Morgan fingerprint density at radius 3 is 2.41 bits per heavy atom. The molecule has 134 valence electrons. The highest BCUT2D eigenvalue weighted by molar-refractivity contribution is 14.1. The third-order valence-electron chi connectivity index (χ3n) is 4.25. The molecule has 1 aromatic heterocycles. The number of amides is 1. The topological polar surface area (TPSA) is 57.8 Å². The van der Waals surface area contributed by atoms with Crippen LogP contribution in [0, 0.1) is 28.7 Å². The summed E-state index contributed by atoms with van der Waals surface area (Å²) in [5.74, 6) is -0.414. The number of halogens is 1. The molecular weight excluding hydrogens is 449 g/mol. The first-order valence-electron chi connectivity index (χ1n) is 8.42. The standard InChI is InChI=1S/C22H18IN3O/c1-15-12-17(16(2)26(15)21-10-8-19(23)9-11-21)13-18(14-24)22(27)25-20-6-4-3-5-7-20/h3-13H,1-2H3,(H,25,27). The normalized spacial score (nSPS) is 11.1. The van der Waals surface area contributed by atoms with Crippen molar-refractivity contribution >= 4 is 40.3 Å². The van der Waals surface area contributed by atoms with Crippen LogP contribution in [-0.4, -0.2) is 10.5 Å². The summed E-state index contributed by atoms with van der Waals surface area (Å²) in [6.45, 7) is 4.00. The highest BCUT2D eigenvalue weighted by atomic mass is 127. The van der Waals surface area contributed by atoms with Gasteiger partial charge in [0.25, 0.3) is 5.91 Å². The molecule has 0 bridgehead atoms. The molecule has 27 heavy (non-hydrogen) atoms. The summed E-state index contributed by atoms with van der Waals surface area (Å²) in [7, 11) is 0. The minimum absolute atomic E-state index is 0.0710. The molecular formula is C22H18IN3O. The van der Waals surface area contributed by atoms with Gasteiger partial charge in [-0.25, -0.2) is 0 Å². The number of anilines is 1. The predicted octanol–water partition coefficient (Wildman–Crippen LogP) is 5.24. The number of hydrogen-bond acceptors (Lipinski definition) is 2. The second kappa shape index (κ2) is 8.23. The van der Waals surface area contributed by atoms with E-state index >= 15 is 0 Å². The van der Waals surface area contributed by atoms with E-state index < -0.39 is 5.91 Å². The zero-order chi connectivity index (χ0) is 19.4. The average Bonchev–Trinajstić information content (AvgIpc) is 2.94. The Balaban J connectivity index is 1.93. The van der Waals surface area contributed by atoms with Crippen molar-refractivity contribution < 1.29 is 4.79 Å². The van der Waals surface area contributed by atoms with Gasteiger partial charge in [-0.15, -0.1) is 0 Å². The van der Waals surface area contributed by atoms with E-state index in [9.17, 15) is 10.1 Å². The Morgan fingerprint density at radius 2 is 1.78 bits per heavy atom. The molecule has 0 aliphatic heterocycles. The van der Waals surface area contributed by atoms with Gasteiger partial charge in [-0.3, -0.25) is 4.79 Å². The zero-order valence-corrected chi connectivity index (χ0v) is 17.2. The highest BCUT2D eigenvalue weighted by Crippen LogP contribution is 2.23. The minimum Gasteiger partial charge on any atom is -0.321 e. The number of hydrogen-bond donors (Lipinski definition) is 1. The first-order chi connectivity index (χ1) is 13.0. The number of nitrogens with zero attached hydrogens (tertiary/aromatic N) is 2. The fraction of sp³-hybridized carbons (Fsp3) is 0.0909. The van der Waals surface area contributed by atoms with Crippen LogP contribution in [0.2, 0.25) is 0 Å². The Kier molecular flexibility index (Phi) is 5.77. The van der Waals surface area contributed by atoms with Gasteiger partial charge >= 0.3 is 0 Å². The zero-order valence-electron chi connectivity index (χ0n) is 15.0. The van der Waals surface area contributed by atoms with E-state index in [0.29, 0.717) is 5.69 Å². The lowest BCUT2D eigenvalue weighted by molar-refractivity contribution is -0.112. The van der Waals surface area contributed by atoms with Crippen LogP contribution < -0.4 is 5.32 Å². The summed E-state index contributed by atoms with van der Waals surface area (Å²) < 4.78 is 3.29. The van der Waals surface area contributed by atoms with Crippen LogP contribution in [0.25, 0.3) is 11.8 Å². The van der Waals surface area contributed by atoms with Crippen molar-refractivity contribution in [2.24, 2.45) is 0 Å². The Morgan fingerprint density at radius 1 is 1.11 bits per heavy atom. The molecule has 2 aromatic carbocycles. The molecule has 4 nitrogen and oxygen atoms in total. The van der Waals surface area contributed by atoms with E-state index in [4.69, 9.17) is 0 Å². The van der Waals surface area contributed by atoms with Crippen LogP contribution in [0.15, 0.2) is 66.2 Å². The SMILES string of the molecule is Cc1cc(C=C(C#N)C(=O)Nc2ccccc2)c(C)n1-c1ccc(I)cc1. The molecule has 0 unspecified atom stereocenters. The quantitative estimate of drug-likeness (QED) is 0.324. The van der Waals surface area contributed by atoms with Crippen molar-refractivity contribution in [3.8, 4) is 11.8 Å². The summed E-state index contributed by atoms with van der Waals surface area (Å²) >= 11 is 2.28. The number of carbonyl (C=O) groups excluding carboxylic acids is 1. The lowest BCUT2D eigenvalue weighted by Crippen LogP contribution is -2.13. The minimum atomic E-state index is -0.414. The lowest BCUT2D eigenvalue weighted by atomic mass is 10.1. The van der Waals surface area contributed by atoms with Gasteiger partial charge in [0.15, 0.2) is 0 Å². The molecule has 0 radical (unpaired) electrons. The van der Waals surface area contributed by atoms with Crippen LogP contribution in [0.4, 0.5) is 5.69 Å². The molecule has 1 N–H and O–H groups in total. The molecule has 1 amide bonds. The smallest absolute Gasteiger partial charge is 0.266 e. The van der Waals surface area contributed by atoms with Crippen LogP contribution in [0.5, 0.6) is 0 Å². The monoisotopic (exact) mass is 467 g/mol. The second-order valence-electron chi connectivity index (χ2n) is 6.13. The van der Waals surface area contributed by atoms with Crippen molar-refractivity contribution in [1.29, 1.82) is 5.26 Å². The molecule has 5 heteroatoms. The third-order valence-corrected chi connectivity index (χ3v) is 4.97. The van der Waals surface area contributed by atoms with Crippen LogP contribution in [0.1, 0.15) is 17.0 Å². The van der Waals surface area contributed by atoms with Crippen molar-refractivity contribution in [2.45, 2.75) is 13.8 Å². The Labute approximate surface area is 172 Å². The second-order valence-corrected chi connectivity index (χ2v) is 7.37. The number of aromatic nitrogens is 1. The first kappa shape index (κ1) is 18.9. The number of nitrogens with one attached hydrogen (secondary N) is 1. The van der Waals surface area contributed by atoms with Gasteiger partial charge in [-0.05, 0) is 90.5 Å². The molecule has 0 aliphatic carbocycles. The molecule has 0 aliphatic rings. The average molecular weight is 467 g/mol. The van der Waals surface area contributed by atoms with Gasteiger partial charge in [-0.1, -0.05) is 18.2 Å². The lowest BCUT2D eigenvalue weighted by Gasteiger charge is -2.09. The number of carbonyl (C=O) groups is 1. The van der Waals surface area contributed by atoms with Gasteiger partial charge in [0, 0.05) is 26.3 Å². The number of para-hydroxylation sites is 1. The van der Waals surface area contributed by atoms with E-state index in [1.54, 1.807) is 18.2 Å². The predicted molar refractivity (Wildman–Crippen MR) is 117 cm³/mol. The molecule has 3 aromatic rings. The van der Waals surface area contributed by atoms with Crippen molar-refractivity contribution in [2.75, 3.05) is 5.32 Å². The van der Waals surface area contributed by atoms with Crippen LogP contribution in [-0.2, 0) is 4.79 Å². The van der Waals surface area contributed by atoms with Crippen LogP contribution >= 0.6 is 22.6 Å². The maximum atomic E-state index is 12.4. The fourth-order valence-electron chi connectivity index (χ4n) is 2.95. The summed E-state index contributed by atoms with van der Waals surface area (Å²) in [5, 5.41) is 12.2. The van der Waals surface area contributed by atoms with Gasteiger partial charge in [0.1, 0.15) is 11.6 Å². The molecule has 0 saturated carbocycles. The summed E-state index contributed by atoms with van der Waals surface area (Å²) in [5.41, 5.74) is 4.66. The summed E-state index contributed by atoms with van der Waals surface area (Å²) in [6.07, 6.45) is 1.64. The maximum Gasteiger partial charge on any atom is 0.266 e. The largest absolute Gasteiger partial charge is 0.321 e. The van der Waals surface area contributed by atoms with E-state index in [0.717, 1.165) is 22.6 Å². The third kappa shape index (κ3) is 4.29. The molecule has 0 atom stereocenters. The summed E-state index contributed by atoms with van der Waals surface area (Å²) in [4.78, 5) is 12.4. The van der Waals surface area contributed by atoms with Gasteiger partial charge < -0.3 is 9.88 Å². The molecule has 0 saturated heterocycles. The van der Waals surface area contributed by atoms with Gasteiger partial charge in [0.05, 0.1) is 0 Å². The highest BCUT2D eigenvalue weighted by Gasteiger charge is 2.14. The number of aryl methyl sites for hydroxylation is 1. The first-order valence-corrected chi connectivity index (χ1v) is 9.50. The van der Waals surface area contributed by atoms with E-state index in [-0.39, 0.29) is 5.57 Å². The fourth-order valence-corrected chi connectivity index (χ4v) is 3.30. The Hall–Kier alpha value is -2.85. The van der Waals surface area contributed by atoms with E-state index in [1.165, 1.54) is 3.57 Å². The van der Waals surface area contributed by atoms with Crippen molar-refractivity contribution in [1.82, 2.24) is 4.57 Å².